The molecule has 0 heterocycles. The summed E-state index contributed by atoms with van der Waals surface area (Å²) in [6, 6.07) is 8.67. The molecule has 2 aromatic rings. The average Bonchev–Trinajstić information content (AvgIpc) is 2.56. The van der Waals surface area contributed by atoms with Crippen LogP contribution in [-0.2, 0) is 0 Å². The zero-order valence-corrected chi connectivity index (χ0v) is 12.9. The zero-order chi connectivity index (χ0) is 17.7. The molecule has 2 N–H and O–H groups in total. The van der Waals surface area contributed by atoms with Gasteiger partial charge in [0.1, 0.15) is 18.5 Å². The Labute approximate surface area is 136 Å². The second-order valence-electron chi connectivity index (χ2n) is 5.21. The molecule has 0 bridgehead atoms. The first-order chi connectivity index (χ1) is 11.4. The molecule has 2 rings (SSSR count). The third kappa shape index (κ3) is 4.48. The lowest BCUT2D eigenvalue weighted by atomic mass is 10.2. The van der Waals surface area contributed by atoms with Crippen LogP contribution in [0.4, 0.5) is 13.2 Å². The summed E-state index contributed by atoms with van der Waals surface area (Å²) in [5.74, 6) is -5.06. The minimum atomic E-state index is -1.72. The first-order valence-corrected chi connectivity index (χ1v) is 7.17. The van der Waals surface area contributed by atoms with E-state index >= 15 is 0 Å². The van der Waals surface area contributed by atoms with E-state index in [1.807, 2.05) is 13.0 Å². The summed E-state index contributed by atoms with van der Waals surface area (Å²) in [4.78, 5) is 11.8. The molecule has 0 aliphatic carbocycles. The van der Waals surface area contributed by atoms with Crippen molar-refractivity contribution in [1.82, 2.24) is 5.32 Å². The van der Waals surface area contributed by atoms with E-state index in [0.29, 0.717) is 11.8 Å². The number of carbonyl (C=O) groups is 1. The molecule has 24 heavy (non-hydrogen) atoms. The predicted octanol–water partition coefficient (Wildman–Crippen LogP) is 2.58. The molecular weight excluding hydrogens is 323 g/mol. The van der Waals surface area contributed by atoms with Gasteiger partial charge >= 0.3 is 0 Å². The fourth-order valence-corrected chi connectivity index (χ4v) is 1.96. The van der Waals surface area contributed by atoms with Crippen molar-refractivity contribution >= 4 is 5.91 Å². The Hall–Kier alpha value is -2.54. The summed E-state index contributed by atoms with van der Waals surface area (Å²) in [7, 11) is 0. The van der Waals surface area contributed by atoms with Crippen LogP contribution in [0.3, 0.4) is 0 Å². The Morgan fingerprint density at radius 1 is 1.21 bits per heavy atom. The van der Waals surface area contributed by atoms with Crippen molar-refractivity contribution in [3.8, 4) is 5.75 Å². The molecule has 0 radical (unpaired) electrons. The number of halogens is 3. The van der Waals surface area contributed by atoms with Crippen LogP contribution in [-0.4, -0.2) is 30.3 Å². The smallest absolute Gasteiger partial charge is 0.254 e. The highest BCUT2D eigenvalue weighted by molar-refractivity contribution is 5.94. The quantitative estimate of drug-likeness (QED) is 0.796. The third-order valence-electron chi connectivity index (χ3n) is 3.21. The van der Waals surface area contributed by atoms with Gasteiger partial charge in [-0.25, -0.2) is 13.2 Å². The molecule has 0 spiro atoms. The van der Waals surface area contributed by atoms with E-state index in [-0.39, 0.29) is 13.2 Å². The van der Waals surface area contributed by atoms with Crippen molar-refractivity contribution in [1.29, 1.82) is 0 Å². The largest absolute Gasteiger partial charge is 0.491 e. The fraction of sp³-hybridized carbons (Fsp3) is 0.235. The van der Waals surface area contributed by atoms with Crippen molar-refractivity contribution in [2.45, 2.75) is 13.0 Å². The lowest BCUT2D eigenvalue weighted by Crippen LogP contribution is -2.35. The van der Waals surface area contributed by atoms with Gasteiger partial charge in [-0.05, 0) is 36.8 Å². The lowest BCUT2D eigenvalue weighted by molar-refractivity contribution is 0.0839. The van der Waals surface area contributed by atoms with Gasteiger partial charge in [0.05, 0.1) is 5.56 Å². The van der Waals surface area contributed by atoms with Crippen LogP contribution in [0.15, 0.2) is 36.4 Å². The summed E-state index contributed by atoms with van der Waals surface area (Å²) in [6.45, 7) is 1.56. The molecule has 0 saturated heterocycles. The number of benzene rings is 2. The number of carbonyl (C=O) groups excluding carboxylic acids is 1. The van der Waals surface area contributed by atoms with E-state index in [1.165, 1.54) is 0 Å². The van der Waals surface area contributed by atoms with E-state index in [4.69, 9.17) is 4.74 Å². The standard InChI is InChI=1S/C17H16F3NO3/c1-10-3-2-4-12(7-10)24-9-11(22)8-21-17(23)13-5-6-14(18)16(20)15(13)19/h2-7,11,22H,8-9H2,1H3,(H,21,23). The highest BCUT2D eigenvalue weighted by atomic mass is 19.2. The van der Waals surface area contributed by atoms with Crippen LogP contribution < -0.4 is 10.1 Å². The molecule has 4 nitrogen and oxygen atoms in total. The van der Waals surface area contributed by atoms with Crippen LogP contribution in [0, 0.1) is 24.4 Å². The van der Waals surface area contributed by atoms with Crippen LogP contribution in [0.1, 0.15) is 15.9 Å². The first-order valence-electron chi connectivity index (χ1n) is 7.17. The van der Waals surface area contributed by atoms with Crippen molar-refractivity contribution in [3.63, 3.8) is 0 Å². The summed E-state index contributed by atoms with van der Waals surface area (Å²) in [6.07, 6.45) is -1.05. The average molecular weight is 339 g/mol. The maximum atomic E-state index is 13.5. The Bertz CT molecular complexity index is 737. The monoisotopic (exact) mass is 339 g/mol. The Morgan fingerprint density at radius 3 is 2.67 bits per heavy atom. The molecule has 2 aromatic carbocycles. The van der Waals surface area contributed by atoms with Crippen LogP contribution in [0.2, 0.25) is 0 Å². The number of hydrogen-bond acceptors (Lipinski definition) is 3. The number of nitrogens with one attached hydrogen (secondary N) is 1. The van der Waals surface area contributed by atoms with Gasteiger partial charge in [0.2, 0.25) is 0 Å². The van der Waals surface area contributed by atoms with Gasteiger partial charge in [0.25, 0.3) is 5.91 Å². The minimum Gasteiger partial charge on any atom is -0.491 e. The van der Waals surface area contributed by atoms with Crippen molar-refractivity contribution in [3.05, 3.63) is 65.0 Å². The number of rotatable bonds is 6. The van der Waals surface area contributed by atoms with Crippen molar-refractivity contribution in [2.75, 3.05) is 13.2 Å². The Morgan fingerprint density at radius 2 is 1.96 bits per heavy atom. The number of aliphatic hydroxyl groups is 1. The molecule has 0 aliphatic rings. The highest BCUT2D eigenvalue weighted by Crippen LogP contribution is 2.15. The number of ether oxygens (including phenoxy) is 1. The minimum absolute atomic E-state index is 0.0933. The zero-order valence-electron chi connectivity index (χ0n) is 12.9. The molecular formula is C17H16F3NO3. The van der Waals surface area contributed by atoms with E-state index < -0.39 is 35.0 Å². The molecule has 1 unspecified atom stereocenters. The number of aryl methyl sites for hydroxylation is 1. The summed E-state index contributed by atoms with van der Waals surface area (Å²) in [5.41, 5.74) is 0.352. The molecule has 7 heteroatoms. The van der Waals surface area contributed by atoms with Gasteiger partial charge in [0.15, 0.2) is 17.5 Å². The number of amides is 1. The maximum absolute atomic E-state index is 13.5. The molecule has 1 atom stereocenters. The van der Waals surface area contributed by atoms with Crippen LogP contribution in [0.25, 0.3) is 0 Å². The summed E-state index contributed by atoms with van der Waals surface area (Å²) >= 11 is 0. The van der Waals surface area contributed by atoms with Gasteiger partial charge in [0, 0.05) is 6.54 Å². The highest BCUT2D eigenvalue weighted by Gasteiger charge is 2.19. The molecule has 0 aromatic heterocycles. The maximum Gasteiger partial charge on any atom is 0.254 e. The van der Waals surface area contributed by atoms with E-state index in [1.54, 1.807) is 18.2 Å². The predicted molar refractivity (Wildman–Crippen MR) is 81.3 cm³/mol. The SMILES string of the molecule is Cc1cccc(OCC(O)CNC(=O)c2ccc(F)c(F)c2F)c1. The van der Waals surface area contributed by atoms with Gasteiger partial charge in [-0.15, -0.1) is 0 Å². The topological polar surface area (TPSA) is 58.6 Å². The second-order valence-corrected chi connectivity index (χ2v) is 5.21. The van der Waals surface area contributed by atoms with Gasteiger partial charge in [-0.2, -0.15) is 0 Å². The first kappa shape index (κ1) is 17.8. The third-order valence-corrected chi connectivity index (χ3v) is 3.21. The van der Waals surface area contributed by atoms with Crippen LogP contribution in [0.5, 0.6) is 5.75 Å². The van der Waals surface area contributed by atoms with E-state index in [0.717, 1.165) is 11.6 Å². The van der Waals surface area contributed by atoms with Crippen molar-refractivity contribution in [2.24, 2.45) is 0 Å². The van der Waals surface area contributed by atoms with Crippen molar-refractivity contribution < 1.29 is 27.8 Å². The normalized spacial score (nSPS) is 11.9. The molecule has 0 saturated carbocycles. The molecule has 128 valence electrons. The van der Waals surface area contributed by atoms with Crippen LogP contribution >= 0.6 is 0 Å². The Balaban J connectivity index is 1.86. The van der Waals surface area contributed by atoms with Gasteiger partial charge in [-0.3, -0.25) is 4.79 Å². The van der Waals surface area contributed by atoms with Gasteiger partial charge in [-0.1, -0.05) is 12.1 Å². The fourth-order valence-electron chi connectivity index (χ4n) is 1.96. The lowest BCUT2D eigenvalue weighted by Gasteiger charge is -2.14. The number of hydrogen-bond donors (Lipinski definition) is 2. The van der Waals surface area contributed by atoms with Gasteiger partial charge < -0.3 is 15.2 Å². The van der Waals surface area contributed by atoms with E-state index in [9.17, 15) is 23.1 Å². The number of aliphatic hydroxyl groups excluding tert-OH is 1. The molecule has 0 fully saturated rings. The second kappa shape index (κ2) is 7.83. The molecule has 1 amide bonds. The molecule has 0 aliphatic heterocycles. The Kier molecular flexibility index (Phi) is 5.81. The van der Waals surface area contributed by atoms with E-state index in [2.05, 4.69) is 5.32 Å². The summed E-state index contributed by atoms with van der Waals surface area (Å²) < 4.78 is 44.8. The summed E-state index contributed by atoms with van der Waals surface area (Å²) in [5, 5.41) is 12.0.